The van der Waals surface area contributed by atoms with Crippen LogP contribution in [-0.2, 0) is 86.0 Å². The number of benzene rings is 2. The molecule has 3 aliphatic heterocycles. The minimum absolute atomic E-state index is 0.0168. The second kappa shape index (κ2) is 44.8. The van der Waals surface area contributed by atoms with Crippen molar-refractivity contribution in [2.75, 3.05) is 115 Å². The third kappa shape index (κ3) is 31.7. The van der Waals surface area contributed by atoms with Gasteiger partial charge in [0, 0.05) is 126 Å². The number of primary amides is 1. The molecule has 0 radical (unpaired) electrons. The molecule has 0 aromatic heterocycles. The van der Waals surface area contributed by atoms with E-state index in [4.69, 9.17) is 5.73 Å². The minimum Gasteiger partial charge on any atom is -0.481 e. The molecule has 2 aromatic carbocycles. The summed E-state index contributed by atoms with van der Waals surface area (Å²) < 4.78 is 0. The van der Waals surface area contributed by atoms with Gasteiger partial charge in [-0.05, 0) is 86.5 Å². The summed E-state index contributed by atoms with van der Waals surface area (Å²) in [5.74, 6) is -6.87. The molecule has 8 amide bonds. The van der Waals surface area contributed by atoms with E-state index in [1.807, 2.05) is 43.0 Å². The SMILES string of the molecule is CC[C@H](NC(=O)[C@@H]1CCCN1C(=O)[C@@H]1CCCN1C(=O)C(/C=N/C(=O)CCC(C)C)CSCc1cc(CSCCNC(=O)CN2CCN(CC(=O)O)CCN(CC(=O)O)CCN(CC(=O)O)CC2)cc(CSCCC(=O)O)c1)C(=O)N[C@@H](CCC(N)=O)C(=O)N[C@@H](Cc1ccccc1)C(C)=O. The molecule has 1 unspecified atom stereocenters. The van der Waals surface area contributed by atoms with Gasteiger partial charge >= 0.3 is 23.9 Å². The van der Waals surface area contributed by atoms with Crippen LogP contribution in [-0.4, -0.2) is 279 Å². The Morgan fingerprint density at radius 2 is 1.08 bits per heavy atom. The third-order valence-corrected chi connectivity index (χ3v) is 20.6. The molecule has 0 aliphatic carbocycles. The molecular weight excluding hydrogens is 1370 g/mol. The molecule has 6 atom stereocenters. The Kier molecular flexibility index (Phi) is 37.3. The maximum absolute atomic E-state index is 14.9. The average molecular weight is 1470 g/mol. The van der Waals surface area contributed by atoms with Crippen LogP contribution >= 0.6 is 35.3 Å². The number of hydrogen-bond donors (Lipinski definition) is 9. The first-order chi connectivity index (χ1) is 48.2. The fraction of sp³-hybridized carbons (Fsp3) is 0.623. The zero-order valence-electron chi connectivity index (χ0n) is 58.4. The standard InChI is InChI=1S/C69H102N12O17S3/c1-5-53(65(94)74-54(16-17-58(70)83)66(95)75-55(47(4)82)36-48-11-7-6-8-12-48)73-67(96)56-13-9-21-80(56)69(98)57-14-10-22-81(57)68(97)52(37-72-59(84)18-15-46(2)3)45-101-44-51-34-49(42-99-31-19-61(86)87)33-50(35-51)43-100-32-20-71-60(85)38-76-23-25-77(39-62(88)89)27-29-79(41-64(92)93)30-28-78(26-24-76)40-63(90)91/h6-8,11-12,33-35,37,46,52-57H,5,9-10,13-32,36,38-45H2,1-4H3,(H2,70,83)(H,71,85)(H,73,96)(H,74,94)(H,75,95)(H,86,87)(H,88,89)(H,90,91)(H,92,93)/b72-37+/t52?,53-,54-,55-,56-,57-/m0/s1. The number of nitrogens with one attached hydrogen (secondary N) is 4. The van der Waals surface area contributed by atoms with E-state index in [0.29, 0.717) is 74.1 Å². The number of nitrogens with zero attached hydrogens (tertiary/aromatic N) is 7. The lowest BCUT2D eigenvalue weighted by molar-refractivity contribution is -0.147. The van der Waals surface area contributed by atoms with E-state index < -0.39 is 101 Å². The number of carboxylic acid groups (broad SMARTS) is 4. The summed E-state index contributed by atoms with van der Waals surface area (Å²) in [5.41, 5.74) is 9.05. The molecule has 0 spiro atoms. The molecule has 3 fully saturated rings. The third-order valence-electron chi connectivity index (χ3n) is 17.4. The predicted octanol–water partition coefficient (Wildman–Crippen LogP) is 2.05. The van der Waals surface area contributed by atoms with Gasteiger partial charge in [-0.1, -0.05) is 69.3 Å². The van der Waals surface area contributed by atoms with Crippen LogP contribution in [0.1, 0.15) is 114 Å². The molecule has 29 nitrogen and oxygen atoms in total. The number of carboxylic acids is 4. The van der Waals surface area contributed by atoms with Gasteiger partial charge in [0.1, 0.15) is 24.2 Å². The quantitative estimate of drug-likeness (QED) is 0.0340. The molecule has 3 heterocycles. The molecule has 558 valence electrons. The van der Waals surface area contributed by atoms with Crippen molar-refractivity contribution in [3.05, 3.63) is 70.8 Å². The van der Waals surface area contributed by atoms with Crippen LogP contribution in [0.15, 0.2) is 53.5 Å². The molecule has 0 saturated carbocycles. The first-order valence-corrected chi connectivity index (χ1v) is 37.9. The van der Waals surface area contributed by atoms with E-state index >= 15 is 0 Å². The van der Waals surface area contributed by atoms with Crippen molar-refractivity contribution in [3.63, 3.8) is 0 Å². The number of amides is 8. The number of thioether (sulfide) groups is 3. The van der Waals surface area contributed by atoms with E-state index in [1.54, 1.807) is 57.7 Å². The van der Waals surface area contributed by atoms with Gasteiger partial charge in [-0.2, -0.15) is 35.3 Å². The highest BCUT2D eigenvalue weighted by atomic mass is 32.2. The zero-order chi connectivity index (χ0) is 74.0. The lowest BCUT2D eigenvalue weighted by atomic mass is 10.0. The van der Waals surface area contributed by atoms with Gasteiger partial charge in [-0.25, -0.2) is 4.99 Å². The number of Topliss-reactive ketones (excluding diaryl/α,β-unsaturated/α-hetero) is 1. The van der Waals surface area contributed by atoms with Crippen molar-refractivity contribution in [2.45, 2.75) is 146 Å². The number of hydrogen-bond acceptors (Lipinski definition) is 20. The fourth-order valence-electron chi connectivity index (χ4n) is 11.9. The number of nitrogens with two attached hydrogens (primary N) is 1. The number of aliphatic carboxylic acids is 4. The van der Waals surface area contributed by atoms with Gasteiger partial charge in [-0.3, -0.25) is 81.9 Å². The van der Waals surface area contributed by atoms with E-state index in [9.17, 15) is 82.8 Å². The molecule has 3 saturated heterocycles. The number of aliphatic imine (C=N–C) groups is 1. The molecular formula is C69H102N12O17S3. The zero-order valence-corrected chi connectivity index (χ0v) is 60.8. The van der Waals surface area contributed by atoms with E-state index in [1.165, 1.54) is 46.5 Å². The van der Waals surface area contributed by atoms with Gasteiger partial charge in [-0.15, -0.1) is 0 Å². The van der Waals surface area contributed by atoms with Crippen molar-refractivity contribution in [1.82, 2.24) is 50.7 Å². The van der Waals surface area contributed by atoms with Crippen LogP contribution in [0, 0.1) is 11.8 Å². The van der Waals surface area contributed by atoms with Crippen molar-refractivity contribution in [2.24, 2.45) is 22.6 Å². The van der Waals surface area contributed by atoms with Gasteiger partial charge in [0.05, 0.1) is 44.6 Å². The predicted molar refractivity (Wildman–Crippen MR) is 385 cm³/mol. The molecule has 101 heavy (non-hydrogen) atoms. The van der Waals surface area contributed by atoms with Crippen LogP contribution < -0.4 is 27.0 Å². The Bertz CT molecular complexity index is 3140. The Labute approximate surface area is 603 Å². The maximum Gasteiger partial charge on any atom is 0.317 e. The summed E-state index contributed by atoms with van der Waals surface area (Å²) in [4.78, 5) is 183. The van der Waals surface area contributed by atoms with Crippen molar-refractivity contribution < 1.29 is 82.8 Å². The molecule has 10 N–H and O–H groups in total. The average Bonchev–Trinajstić information content (AvgIpc) is 1.68. The van der Waals surface area contributed by atoms with E-state index in [2.05, 4.69) is 26.3 Å². The summed E-state index contributed by atoms with van der Waals surface area (Å²) >= 11 is 4.49. The van der Waals surface area contributed by atoms with Crippen LogP contribution in [0.5, 0.6) is 0 Å². The highest BCUT2D eigenvalue weighted by Crippen LogP contribution is 2.29. The summed E-state index contributed by atoms with van der Waals surface area (Å²) in [7, 11) is 0. The van der Waals surface area contributed by atoms with Gasteiger partial charge in [0.2, 0.25) is 47.3 Å². The van der Waals surface area contributed by atoms with Gasteiger partial charge in [0.15, 0.2) is 5.78 Å². The van der Waals surface area contributed by atoms with E-state index in [-0.39, 0.29) is 147 Å². The van der Waals surface area contributed by atoms with Crippen molar-refractivity contribution >= 4 is 118 Å². The summed E-state index contributed by atoms with van der Waals surface area (Å²) in [6.45, 7) is 8.89. The summed E-state index contributed by atoms with van der Waals surface area (Å²) in [5, 5.41) is 49.2. The fourth-order valence-corrected chi connectivity index (χ4v) is 14.6. The lowest BCUT2D eigenvalue weighted by Gasteiger charge is -2.32. The lowest BCUT2D eigenvalue weighted by Crippen LogP contribution is -2.58. The largest absolute Gasteiger partial charge is 0.481 e. The molecule has 3 aliphatic rings. The second-order valence-electron chi connectivity index (χ2n) is 26.0. The Hall–Kier alpha value is -7.49. The second-order valence-corrected chi connectivity index (χ2v) is 29.3. The monoisotopic (exact) mass is 1470 g/mol. The Morgan fingerprint density at radius 3 is 1.59 bits per heavy atom. The Balaban J connectivity index is 1.24. The maximum atomic E-state index is 14.9. The Morgan fingerprint density at radius 1 is 0.574 bits per heavy atom. The molecule has 0 bridgehead atoms. The van der Waals surface area contributed by atoms with Crippen LogP contribution in [0.4, 0.5) is 0 Å². The van der Waals surface area contributed by atoms with Gasteiger partial charge < -0.3 is 57.2 Å². The van der Waals surface area contributed by atoms with Crippen molar-refractivity contribution in [1.29, 1.82) is 0 Å². The van der Waals surface area contributed by atoms with E-state index in [0.717, 1.165) is 22.3 Å². The first-order valence-electron chi connectivity index (χ1n) is 34.5. The van der Waals surface area contributed by atoms with Crippen LogP contribution in [0.25, 0.3) is 0 Å². The first kappa shape index (κ1) is 84.2. The highest BCUT2D eigenvalue weighted by molar-refractivity contribution is 7.99. The number of rotatable bonds is 41. The normalized spacial score (nSPS) is 18.0. The summed E-state index contributed by atoms with van der Waals surface area (Å²) in [6, 6.07) is 9.77. The smallest absolute Gasteiger partial charge is 0.317 e. The number of carbonyl (C=O) groups excluding carboxylic acids is 9. The molecule has 5 rings (SSSR count). The summed E-state index contributed by atoms with van der Waals surface area (Å²) in [6.07, 6.45) is 3.42. The molecule has 2 aromatic rings. The number of carbonyl (C=O) groups is 13. The van der Waals surface area contributed by atoms with Crippen LogP contribution in [0.2, 0.25) is 0 Å². The number of ketones is 1. The van der Waals surface area contributed by atoms with Crippen molar-refractivity contribution in [3.8, 4) is 0 Å². The van der Waals surface area contributed by atoms with Crippen LogP contribution in [0.3, 0.4) is 0 Å². The number of likely N-dealkylation sites (tertiary alicyclic amines) is 2. The molecule has 32 heteroatoms. The van der Waals surface area contributed by atoms with Gasteiger partial charge in [0.25, 0.3) is 0 Å². The topological polar surface area (TPSA) is 409 Å². The highest BCUT2D eigenvalue weighted by Gasteiger charge is 2.44. The minimum atomic E-state index is -1.30.